The van der Waals surface area contributed by atoms with E-state index < -0.39 is 0 Å². The van der Waals surface area contributed by atoms with Crippen molar-refractivity contribution in [3.63, 3.8) is 0 Å². The number of benzene rings is 8. The molecule has 0 fully saturated rings. The zero-order chi connectivity index (χ0) is 34.5. The largest absolute Gasteiger partial charge is 0.309 e. The van der Waals surface area contributed by atoms with E-state index in [1.807, 2.05) is 0 Å². The van der Waals surface area contributed by atoms with Crippen LogP contribution < -0.4 is 4.90 Å². The summed E-state index contributed by atoms with van der Waals surface area (Å²) in [5.41, 5.74) is 16.5. The smallest absolute Gasteiger partial charge is 0.0549 e. The minimum Gasteiger partial charge on any atom is -0.309 e. The standard InChI is InChI=1S/C50H39N/c1-49(2)41-27-14-12-25-39(41)45-43(30-34-19-8-10-23-37(34)47(45)49)51(36-22-16-21-33(29-36)32-17-6-5-7-18-32)44-31-35-20-9-11-24-38(35)48-46(44)40-26-13-15-28-42(40)50(48,3)4/h5-31H,1-4H3. The number of hydrogen-bond donors (Lipinski definition) is 0. The molecule has 2 aliphatic rings. The predicted molar refractivity (Wildman–Crippen MR) is 217 cm³/mol. The molecule has 0 atom stereocenters. The van der Waals surface area contributed by atoms with Gasteiger partial charge < -0.3 is 4.90 Å². The molecule has 1 heteroatoms. The van der Waals surface area contributed by atoms with Crippen molar-refractivity contribution in [2.24, 2.45) is 0 Å². The summed E-state index contributed by atoms with van der Waals surface area (Å²) >= 11 is 0. The molecule has 0 saturated carbocycles. The van der Waals surface area contributed by atoms with Gasteiger partial charge in [-0.1, -0.05) is 167 Å². The van der Waals surface area contributed by atoms with Crippen molar-refractivity contribution in [3.8, 4) is 33.4 Å². The Balaban J connectivity index is 1.39. The molecule has 0 bridgehead atoms. The van der Waals surface area contributed by atoms with Crippen LogP contribution in [0, 0.1) is 0 Å². The normalized spacial score (nSPS) is 14.6. The van der Waals surface area contributed by atoms with E-state index in [1.54, 1.807) is 0 Å². The van der Waals surface area contributed by atoms with Crippen LogP contribution in [0.15, 0.2) is 164 Å². The lowest BCUT2D eigenvalue weighted by molar-refractivity contribution is 0.666. The molecule has 0 unspecified atom stereocenters. The van der Waals surface area contributed by atoms with E-state index in [2.05, 4.69) is 196 Å². The Kier molecular flexibility index (Phi) is 6.34. The van der Waals surface area contributed by atoms with Gasteiger partial charge in [0.1, 0.15) is 0 Å². The van der Waals surface area contributed by atoms with Crippen LogP contribution in [0.4, 0.5) is 17.1 Å². The molecule has 8 aromatic rings. The van der Waals surface area contributed by atoms with E-state index in [1.165, 1.54) is 88.6 Å². The van der Waals surface area contributed by atoms with Crippen molar-refractivity contribution in [1.82, 2.24) is 0 Å². The van der Waals surface area contributed by atoms with Gasteiger partial charge in [0.2, 0.25) is 0 Å². The van der Waals surface area contributed by atoms with Gasteiger partial charge in [-0.25, -0.2) is 0 Å². The maximum absolute atomic E-state index is 2.60. The lowest BCUT2D eigenvalue weighted by Gasteiger charge is -2.33. The van der Waals surface area contributed by atoms with Gasteiger partial charge in [0.05, 0.1) is 11.4 Å². The summed E-state index contributed by atoms with van der Waals surface area (Å²) < 4.78 is 0. The number of nitrogens with zero attached hydrogens (tertiary/aromatic N) is 1. The Labute approximate surface area is 300 Å². The van der Waals surface area contributed by atoms with Crippen LogP contribution in [0.5, 0.6) is 0 Å². The van der Waals surface area contributed by atoms with Crippen LogP contribution in [-0.2, 0) is 10.8 Å². The van der Waals surface area contributed by atoms with Crippen LogP contribution >= 0.6 is 0 Å². The second-order valence-electron chi connectivity index (χ2n) is 15.3. The number of hydrogen-bond acceptors (Lipinski definition) is 1. The number of fused-ring (bicyclic) bond motifs is 10. The first-order valence-electron chi connectivity index (χ1n) is 18.1. The third-order valence-electron chi connectivity index (χ3n) is 11.7. The first-order chi connectivity index (χ1) is 24.8. The van der Waals surface area contributed by atoms with E-state index in [4.69, 9.17) is 0 Å². The Bertz CT molecular complexity index is 2550. The van der Waals surface area contributed by atoms with Gasteiger partial charge in [0, 0.05) is 27.6 Å². The highest BCUT2D eigenvalue weighted by Crippen LogP contribution is 2.60. The number of rotatable bonds is 4. The van der Waals surface area contributed by atoms with Crippen LogP contribution in [0.1, 0.15) is 49.9 Å². The van der Waals surface area contributed by atoms with Crippen LogP contribution in [0.2, 0.25) is 0 Å². The molecular weight excluding hydrogens is 615 g/mol. The highest BCUT2D eigenvalue weighted by atomic mass is 15.1. The summed E-state index contributed by atoms with van der Waals surface area (Å²) in [7, 11) is 0. The van der Waals surface area contributed by atoms with E-state index in [0.29, 0.717) is 0 Å². The van der Waals surface area contributed by atoms with E-state index >= 15 is 0 Å². The zero-order valence-corrected chi connectivity index (χ0v) is 29.5. The molecule has 0 amide bonds. The van der Waals surface area contributed by atoms with Gasteiger partial charge in [-0.15, -0.1) is 0 Å². The fourth-order valence-corrected chi connectivity index (χ4v) is 9.49. The predicted octanol–water partition coefficient (Wildman–Crippen LogP) is 13.7. The van der Waals surface area contributed by atoms with E-state index in [9.17, 15) is 0 Å². The monoisotopic (exact) mass is 653 g/mol. The third kappa shape index (κ3) is 4.22. The molecule has 0 radical (unpaired) electrons. The zero-order valence-electron chi connectivity index (χ0n) is 29.5. The van der Waals surface area contributed by atoms with Gasteiger partial charge >= 0.3 is 0 Å². The van der Waals surface area contributed by atoms with Gasteiger partial charge in [0.15, 0.2) is 0 Å². The molecular formula is C50H39N. The molecule has 51 heavy (non-hydrogen) atoms. The molecule has 10 rings (SSSR count). The van der Waals surface area contributed by atoms with Crippen LogP contribution in [-0.4, -0.2) is 0 Å². The molecule has 0 heterocycles. The minimum atomic E-state index is -0.168. The average Bonchev–Trinajstić information content (AvgIpc) is 3.56. The summed E-state index contributed by atoms with van der Waals surface area (Å²) in [6.07, 6.45) is 0. The second kappa shape index (κ2) is 10.8. The lowest BCUT2D eigenvalue weighted by atomic mass is 9.79. The summed E-state index contributed by atoms with van der Waals surface area (Å²) in [6.45, 7) is 9.61. The first-order valence-corrected chi connectivity index (χ1v) is 18.1. The van der Waals surface area contributed by atoms with Gasteiger partial charge in [-0.3, -0.25) is 0 Å². The molecule has 8 aromatic carbocycles. The average molecular weight is 654 g/mol. The van der Waals surface area contributed by atoms with Gasteiger partial charge in [0.25, 0.3) is 0 Å². The molecule has 0 N–H and O–H groups in total. The molecule has 244 valence electrons. The molecule has 0 spiro atoms. The van der Waals surface area contributed by atoms with Crippen LogP contribution in [0.25, 0.3) is 54.9 Å². The first kappa shape index (κ1) is 29.9. The van der Waals surface area contributed by atoms with Crippen LogP contribution in [0.3, 0.4) is 0 Å². The van der Waals surface area contributed by atoms with Crippen molar-refractivity contribution in [2.45, 2.75) is 38.5 Å². The maximum Gasteiger partial charge on any atom is 0.0549 e. The van der Waals surface area contributed by atoms with Gasteiger partial charge in [-0.05, 0) is 90.3 Å². The van der Waals surface area contributed by atoms with Crippen molar-refractivity contribution in [1.29, 1.82) is 0 Å². The Morgan fingerprint density at radius 2 is 0.843 bits per heavy atom. The summed E-state index contributed by atoms with van der Waals surface area (Å²) in [4.78, 5) is 2.60. The third-order valence-corrected chi connectivity index (χ3v) is 11.7. The Morgan fingerprint density at radius 3 is 1.39 bits per heavy atom. The quantitative estimate of drug-likeness (QED) is 0.183. The number of anilines is 3. The van der Waals surface area contributed by atoms with E-state index in [-0.39, 0.29) is 10.8 Å². The topological polar surface area (TPSA) is 3.24 Å². The Morgan fingerprint density at radius 1 is 0.392 bits per heavy atom. The lowest BCUT2D eigenvalue weighted by Crippen LogP contribution is -2.18. The molecule has 0 aliphatic heterocycles. The summed E-state index contributed by atoms with van der Waals surface area (Å²) in [6, 6.07) is 60.9. The van der Waals surface area contributed by atoms with Crippen molar-refractivity contribution < 1.29 is 0 Å². The van der Waals surface area contributed by atoms with Crippen molar-refractivity contribution in [2.75, 3.05) is 4.90 Å². The fourth-order valence-electron chi connectivity index (χ4n) is 9.49. The van der Waals surface area contributed by atoms with Crippen molar-refractivity contribution >= 4 is 38.6 Å². The highest BCUT2D eigenvalue weighted by Gasteiger charge is 2.42. The second-order valence-corrected chi connectivity index (χ2v) is 15.3. The van der Waals surface area contributed by atoms with Crippen molar-refractivity contribution in [3.05, 3.63) is 186 Å². The molecule has 1 nitrogen and oxygen atoms in total. The minimum absolute atomic E-state index is 0.168. The molecule has 2 aliphatic carbocycles. The highest BCUT2D eigenvalue weighted by molar-refractivity contribution is 6.10. The molecule has 0 aromatic heterocycles. The maximum atomic E-state index is 2.60. The summed E-state index contributed by atoms with van der Waals surface area (Å²) in [5.74, 6) is 0. The summed E-state index contributed by atoms with van der Waals surface area (Å²) in [5, 5.41) is 5.17. The Hall–Kier alpha value is -5.92. The SMILES string of the molecule is CC1(C)c2ccccc2-c2c(N(c3cccc(-c4ccccc4)c3)c3cc4ccccc4c4c3-c3ccccc3C4(C)C)cc3ccccc3c21. The molecule has 0 saturated heterocycles. The van der Waals surface area contributed by atoms with E-state index in [0.717, 1.165) is 5.69 Å². The fraction of sp³-hybridized carbons (Fsp3) is 0.120. The van der Waals surface area contributed by atoms with Gasteiger partial charge in [-0.2, -0.15) is 0 Å².